The first-order valence-electron chi connectivity index (χ1n) is 5.52. The van der Waals surface area contributed by atoms with Gasteiger partial charge in [0.25, 0.3) is 0 Å². The third kappa shape index (κ3) is 3.90. The van der Waals surface area contributed by atoms with Crippen LogP contribution in [0.3, 0.4) is 0 Å². The molecular formula is C14H17ClO2. The van der Waals surface area contributed by atoms with Gasteiger partial charge in [0.15, 0.2) is 0 Å². The van der Waals surface area contributed by atoms with E-state index in [-0.39, 0.29) is 12.6 Å². The summed E-state index contributed by atoms with van der Waals surface area (Å²) in [6, 6.07) is 3.97. The third-order valence-corrected chi connectivity index (χ3v) is 2.63. The van der Waals surface area contributed by atoms with E-state index >= 15 is 0 Å². The number of hydrogen-bond acceptors (Lipinski definition) is 2. The van der Waals surface area contributed by atoms with Crippen molar-refractivity contribution in [1.82, 2.24) is 0 Å². The molecule has 3 heteroatoms. The lowest BCUT2D eigenvalue weighted by Gasteiger charge is -2.09. The molecule has 0 N–H and O–H groups in total. The quantitative estimate of drug-likeness (QED) is 0.465. The van der Waals surface area contributed by atoms with Crippen molar-refractivity contribution >= 4 is 17.6 Å². The predicted octanol–water partition coefficient (Wildman–Crippen LogP) is 3.56. The fourth-order valence-corrected chi connectivity index (χ4v) is 1.95. The Morgan fingerprint density at radius 1 is 1.24 bits per heavy atom. The number of carbonyl (C=O) groups excluding carboxylic acids is 1. The van der Waals surface area contributed by atoms with Crippen LogP contribution in [0.1, 0.15) is 27.0 Å². The van der Waals surface area contributed by atoms with Gasteiger partial charge < -0.3 is 4.74 Å². The van der Waals surface area contributed by atoms with Crippen molar-refractivity contribution in [3.63, 3.8) is 0 Å². The molecule has 1 aromatic rings. The van der Waals surface area contributed by atoms with E-state index in [2.05, 4.69) is 0 Å². The molecule has 0 heterocycles. The van der Waals surface area contributed by atoms with Crippen molar-refractivity contribution in [1.29, 1.82) is 0 Å². The number of benzene rings is 1. The molecule has 92 valence electrons. The second-order valence-corrected chi connectivity index (χ2v) is 4.31. The number of ether oxygens (including phenoxy) is 1. The largest absolute Gasteiger partial charge is 0.458 e. The Bertz CT molecular complexity index is 413. The summed E-state index contributed by atoms with van der Waals surface area (Å²) in [7, 11) is 0. The summed E-state index contributed by atoms with van der Waals surface area (Å²) in [4.78, 5) is 11.9. The molecule has 0 aliphatic carbocycles. The van der Waals surface area contributed by atoms with Crippen LogP contribution in [0.25, 0.3) is 0 Å². The Balaban J connectivity index is 2.79. The minimum atomic E-state index is -0.278. The van der Waals surface area contributed by atoms with Crippen LogP contribution >= 0.6 is 11.6 Å². The highest BCUT2D eigenvalue weighted by Crippen LogP contribution is 2.17. The Morgan fingerprint density at radius 2 is 1.82 bits per heavy atom. The number of carbonyl (C=O) groups is 1. The van der Waals surface area contributed by atoms with E-state index in [1.165, 1.54) is 0 Å². The summed E-state index contributed by atoms with van der Waals surface area (Å²) >= 11 is 5.47. The lowest BCUT2D eigenvalue weighted by molar-refractivity contribution is 0.0548. The van der Waals surface area contributed by atoms with Crippen LogP contribution in [0.15, 0.2) is 24.3 Å². The molecule has 2 nitrogen and oxygen atoms in total. The molecular weight excluding hydrogens is 236 g/mol. The molecule has 0 saturated heterocycles. The molecule has 0 bridgehead atoms. The molecule has 17 heavy (non-hydrogen) atoms. The van der Waals surface area contributed by atoms with Crippen LogP contribution in [-0.4, -0.2) is 18.5 Å². The van der Waals surface area contributed by atoms with Crippen molar-refractivity contribution < 1.29 is 9.53 Å². The van der Waals surface area contributed by atoms with Gasteiger partial charge >= 0.3 is 5.97 Å². The molecule has 0 amide bonds. The Morgan fingerprint density at radius 3 is 2.35 bits per heavy atom. The lowest BCUT2D eigenvalue weighted by atomic mass is 10.00. The smallest absolute Gasteiger partial charge is 0.338 e. The molecule has 0 aliphatic heterocycles. The summed E-state index contributed by atoms with van der Waals surface area (Å²) in [5.74, 6) is 0.152. The van der Waals surface area contributed by atoms with Gasteiger partial charge in [0.1, 0.15) is 6.61 Å². The summed E-state index contributed by atoms with van der Waals surface area (Å²) in [6.45, 7) is 6.12. The van der Waals surface area contributed by atoms with Crippen LogP contribution in [-0.2, 0) is 4.74 Å². The number of esters is 1. The SMILES string of the molecule is Cc1cc(C)c(C(=O)OC/C=C/CCl)c(C)c1. The first-order chi connectivity index (χ1) is 8.06. The predicted molar refractivity (Wildman–Crippen MR) is 70.8 cm³/mol. The zero-order valence-corrected chi connectivity index (χ0v) is 11.2. The van der Waals surface area contributed by atoms with E-state index in [4.69, 9.17) is 16.3 Å². The van der Waals surface area contributed by atoms with Crippen LogP contribution in [0.4, 0.5) is 0 Å². The zero-order valence-electron chi connectivity index (χ0n) is 10.4. The van der Waals surface area contributed by atoms with Crippen molar-refractivity contribution in [2.75, 3.05) is 12.5 Å². The summed E-state index contributed by atoms with van der Waals surface area (Å²) in [6.07, 6.45) is 3.49. The first-order valence-corrected chi connectivity index (χ1v) is 6.05. The standard InChI is InChI=1S/C14H17ClO2/c1-10-8-11(2)13(12(3)9-10)14(16)17-7-5-4-6-15/h4-5,8-9H,6-7H2,1-3H3/b5-4+. The summed E-state index contributed by atoms with van der Waals surface area (Å²) in [5.41, 5.74) is 3.72. The molecule has 0 saturated carbocycles. The molecule has 0 fully saturated rings. The molecule has 0 aliphatic rings. The molecule has 0 unspecified atom stereocenters. The van der Waals surface area contributed by atoms with Crippen LogP contribution in [0.2, 0.25) is 0 Å². The maximum Gasteiger partial charge on any atom is 0.338 e. The fourth-order valence-electron chi connectivity index (χ4n) is 1.83. The second kappa shape index (κ2) is 6.45. The molecule has 1 rings (SSSR count). The van der Waals surface area contributed by atoms with Crippen molar-refractivity contribution in [3.8, 4) is 0 Å². The number of alkyl halides is 1. The first kappa shape index (κ1) is 13.8. The monoisotopic (exact) mass is 252 g/mol. The average molecular weight is 253 g/mol. The van der Waals surface area contributed by atoms with Crippen molar-refractivity contribution in [3.05, 3.63) is 46.5 Å². The normalized spacial score (nSPS) is 10.8. The molecule has 0 atom stereocenters. The van der Waals surface area contributed by atoms with Crippen LogP contribution in [0, 0.1) is 20.8 Å². The highest BCUT2D eigenvalue weighted by atomic mass is 35.5. The third-order valence-electron chi connectivity index (χ3n) is 2.45. The van der Waals surface area contributed by atoms with Crippen molar-refractivity contribution in [2.24, 2.45) is 0 Å². The van der Waals surface area contributed by atoms with Gasteiger partial charge in [-0.05, 0) is 31.9 Å². The second-order valence-electron chi connectivity index (χ2n) is 4.00. The van der Waals surface area contributed by atoms with E-state index in [1.54, 1.807) is 12.2 Å². The fraction of sp³-hybridized carbons (Fsp3) is 0.357. The van der Waals surface area contributed by atoms with E-state index in [1.807, 2.05) is 32.9 Å². The van der Waals surface area contributed by atoms with Crippen LogP contribution < -0.4 is 0 Å². The maximum atomic E-state index is 11.9. The van der Waals surface area contributed by atoms with E-state index < -0.39 is 0 Å². The highest BCUT2D eigenvalue weighted by molar-refractivity contribution is 6.18. The van der Waals surface area contributed by atoms with Crippen molar-refractivity contribution in [2.45, 2.75) is 20.8 Å². The highest BCUT2D eigenvalue weighted by Gasteiger charge is 2.13. The molecule has 1 aromatic carbocycles. The van der Waals surface area contributed by atoms with Gasteiger partial charge in [-0.2, -0.15) is 0 Å². The number of halogens is 1. The number of aryl methyl sites for hydroxylation is 3. The average Bonchev–Trinajstić information content (AvgIpc) is 2.23. The lowest BCUT2D eigenvalue weighted by Crippen LogP contribution is -2.09. The maximum absolute atomic E-state index is 11.9. The van der Waals surface area contributed by atoms with Gasteiger partial charge in [0.2, 0.25) is 0 Å². The minimum absolute atomic E-state index is 0.262. The van der Waals surface area contributed by atoms with Gasteiger partial charge in [-0.25, -0.2) is 4.79 Å². The molecule has 0 radical (unpaired) electrons. The number of rotatable bonds is 4. The summed E-state index contributed by atoms with van der Waals surface area (Å²) in [5, 5.41) is 0. The van der Waals surface area contributed by atoms with E-state index in [0.717, 1.165) is 16.7 Å². The van der Waals surface area contributed by atoms with Crippen LogP contribution in [0.5, 0.6) is 0 Å². The van der Waals surface area contributed by atoms with Gasteiger partial charge in [0.05, 0.1) is 5.56 Å². The summed E-state index contributed by atoms with van der Waals surface area (Å²) < 4.78 is 5.15. The number of hydrogen-bond donors (Lipinski definition) is 0. The minimum Gasteiger partial charge on any atom is -0.458 e. The Kier molecular flexibility index (Phi) is 5.23. The molecule has 0 spiro atoms. The topological polar surface area (TPSA) is 26.3 Å². The Labute approximate surface area is 107 Å². The van der Waals surface area contributed by atoms with E-state index in [9.17, 15) is 4.79 Å². The number of allylic oxidation sites excluding steroid dienone is 1. The molecule has 0 aromatic heterocycles. The van der Waals surface area contributed by atoms with Gasteiger partial charge in [-0.15, -0.1) is 11.6 Å². The zero-order chi connectivity index (χ0) is 12.8. The Hall–Kier alpha value is -1.28. The van der Waals surface area contributed by atoms with Gasteiger partial charge in [-0.3, -0.25) is 0 Å². The van der Waals surface area contributed by atoms with Gasteiger partial charge in [0, 0.05) is 5.88 Å². The van der Waals surface area contributed by atoms with E-state index in [0.29, 0.717) is 11.4 Å². The van der Waals surface area contributed by atoms with Gasteiger partial charge in [-0.1, -0.05) is 29.8 Å².